The van der Waals surface area contributed by atoms with E-state index in [9.17, 15) is 0 Å². The summed E-state index contributed by atoms with van der Waals surface area (Å²) in [4.78, 5) is 0. The first-order valence-electron chi connectivity index (χ1n) is 8.90. The van der Waals surface area contributed by atoms with Crippen LogP contribution in [0.1, 0.15) is 49.7 Å². The largest absolute Gasteiger partial charge is 0.489 e. The highest BCUT2D eigenvalue weighted by Crippen LogP contribution is 2.21. The molecule has 1 N–H and O–H groups in total. The summed E-state index contributed by atoms with van der Waals surface area (Å²) in [5.41, 5.74) is 2.46. The molecule has 0 spiro atoms. The third-order valence-electron chi connectivity index (χ3n) is 4.65. The zero-order valence-electron chi connectivity index (χ0n) is 13.8. The van der Waals surface area contributed by atoms with E-state index in [0.29, 0.717) is 12.6 Å². The van der Waals surface area contributed by atoms with Crippen molar-refractivity contribution in [2.45, 2.75) is 57.7 Å². The molecule has 1 aliphatic rings. The monoisotopic (exact) mass is 309 g/mol. The second-order valence-electron chi connectivity index (χ2n) is 6.45. The molecule has 0 atom stereocenters. The third kappa shape index (κ3) is 5.11. The Labute approximate surface area is 139 Å². The zero-order valence-corrected chi connectivity index (χ0v) is 13.8. The highest BCUT2D eigenvalue weighted by Gasteiger charge is 2.12. The molecule has 3 rings (SSSR count). The minimum Gasteiger partial charge on any atom is -0.489 e. The number of hydrogen-bond acceptors (Lipinski definition) is 2. The fraction of sp³-hybridized carbons (Fsp3) is 0.429. The summed E-state index contributed by atoms with van der Waals surface area (Å²) in [6.45, 7) is 1.52. The minimum atomic E-state index is 0.626. The SMILES string of the molecule is c1ccc(COc2ccccc2CNC2CCCCCC2)cc1. The van der Waals surface area contributed by atoms with Crippen LogP contribution in [0.15, 0.2) is 54.6 Å². The molecular weight excluding hydrogens is 282 g/mol. The van der Waals surface area contributed by atoms with E-state index in [-0.39, 0.29) is 0 Å². The lowest BCUT2D eigenvalue weighted by Crippen LogP contribution is -2.28. The molecule has 1 saturated carbocycles. The van der Waals surface area contributed by atoms with E-state index >= 15 is 0 Å². The first-order chi connectivity index (χ1) is 11.4. The number of benzene rings is 2. The smallest absolute Gasteiger partial charge is 0.124 e. The summed E-state index contributed by atoms with van der Waals surface area (Å²) in [6.07, 6.45) is 8.15. The normalized spacial score (nSPS) is 16.0. The molecule has 0 radical (unpaired) electrons. The molecule has 2 heteroatoms. The molecule has 122 valence electrons. The maximum absolute atomic E-state index is 6.05. The summed E-state index contributed by atoms with van der Waals surface area (Å²) >= 11 is 0. The van der Waals surface area contributed by atoms with Gasteiger partial charge in [0.25, 0.3) is 0 Å². The van der Waals surface area contributed by atoms with Gasteiger partial charge in [0.1, 0.15) is 12.4 Å². The predicted molar refractivity (Wildman–Crippen MR) is 95.5 cm³/mol. The number of hydrogen-bond donors (Lipinski definition) is 1. The van der Waals surface area contributed by atoms with E-state index in [1.165, 1.54) is 49.7 Å². The number of rotatable bonds is 6. The lowest BCUT2D eigenvalue weighted by Gasteiger charge is -2.18. The van der Waals surface area contributed by atoms with E-state index in [1.807, 2.05) is 6.07 Å². The highest BCUT2D eigenvalue weighted by atomic mass is 16.5. The van der Waals surface area contributed by atoms with E-state index in [0.717, 1.165) is 12.3 Å². The molecule has 2 aromatic rings. The van der Waals surface area contributed by atoms with Crippen molar-refractivity contribution < 1.29 is 4.74 Å². The van der Waals surface area contributed by atoms with E-state index < -0.39 is 0 Å². The van der Waals surface area contributed by atoms with Gasteiger partial charge in [-0.3, -0.25) is 0 Å². The van der Waals surface area contributed by atoms with Crippen molar-refractivity contribution in [1.82, 2.24) is 5.32 Å². The summed E-state index contributed by atoms with van der Waals surface area (Å²) in [7, 11) is 0. The van der Waals surface area contributed by atoms with Crippen molar-refractivity contribution in [2.75, 3.05) is 0 Å². The summed E-state index contributed by atoms with van der Waals surface area (Å²) in [5.74, 6) is 0.998. The second kappa shape index (κ2) is 8.73. The number of ether oxygens (including phenoxy) is 1. The van der Waals surface area contributed by atoms with Gasteiger partial charge < -0.3 is 10.1 Å². The van der Waals surface area contributed by atoms with Crippen LogP contribution in [0.5, 0.6) is 5.75 Å². The van der Waals surface area contributed by atoms with Crippen LogP contribution in [0.25, 0.3) is 0 Å². The van der Waals surface area contributed by atoms with Crippen LogP contribution in [0.3, 0.4) is 0 Å². The van der Waals surface area contributed by atoms with Crippen LogP contribution in [-0.4, -0.2) is 6.04 Å². The maximum atomic E-state index is 6.05. The second-order valence-corrected chi connectivity index (χ2v) is 6.45. The van der Waals surface area contributed by atoms with Gasteiger partial charge in [-0.05, 0) is 24.5 Å². The Morgan fingerprint density at radius 3 is 2.30 bits per heavy atom. The number of nitrogens with one attached hydrogen (secondary N) is 1. The Kier molecular flexibility index (Phi) is 6.10. The Balaban J connectivity index is 1.56. The quantitative estimate of drug-likeness (QED) is 0.751. The molecule has 0 heterocycles. The summed E-state index contributed by atoms with van der Waals surface area (Å²) in [5, 5.41) is 3.74. The van der Waals surface area contributed by atoms with Gasteiger partial charge in [0, 0.05) is 18.2 Å². The molecule has 0 unspecified atom stereocenters. The average Bonchev–Trinajstić information content (AvgIpc) is 2.88. The predicted octanol–water partition coefficient (Wildman–Crippen LogP) is 5.08. The van der Waals surface area contributed by atoms with Gasteiger partial charge in [-0.1, -0.05) is 74.2 Å². The highest BCUT2D eigenvalue weighted by molar-refractivity contribution is 5.33. The van der Waals surface area contributed by atoms with Crippen LogP contribution >= 0.6 is 0 Å². The van der Waals surface area contributed by atoms with Crippen molar-refractivity contribution in [3.05, 3.63) is 65.7 Å². The van der Waals surface area contributed by atoms with E-state index in [2.05, 4.69) is 53.8 Å². The van der Waals surface area contributed by atoms with Crippen LogP contribution in [0.2, 0.25) is 0 Å². The van der Waals surface area contributed by atoms with E-state index in [1.54, 1.807) is 0 Å². The topological polar surface area (TPSA) is 21.3 Å². The first kappa shape index (κ1) is 16.1. The summed E-state index contributed by atoms with van der Waals surface area (Å²) in [6, 6.07) is 19.4. The van der Waals surface area contributed by atoms with E-state index in [4.69, 9.17) is 4.74 Å². The van der Waals surface area contributed by atoms with Gasteiger partial charge in [0.2, 0.25) is 0 Å². The standard InChI is InChI=1S/C21H27NO/c1-2-7-14-20(13-6-1)22-16-19-12-8-9-15-21(19)23-17-18-10-4-3-5-11-18/h3-5,8-12,15,20,22H,1-2,6-7,13-14,16-17H2. The molecule has 23 heavy (non-hydrogen) atoms. The van der Waals surface area contributed by atoms with Crippen LogP contribution in [0.4, 0.5) is 0 Å². The molecule has 0 bridgehead atoms. The lowest BCUT2D eigenvalue weighted by atomic mass is 10.1. The minimum absolute atomic E-state index is 0.626. The lowest BCUT2D eigenvalue weighted by molar-refractivity contribution is 0.301. The number of para-hydroxylation sites is 1. The van der Waals surface area contributed by atoms with Crippen molar-refractivity contribution in [3.63, 3.8) is 0 Å². The van der Waals surface area contributed by atoms with Gasteiger partial charge in [-0.2, -0.15) is 0 Å². The van der Waals surface area contributed by atoms with Crippen molar-refractivity contribution >= 4 is 0 Å². The Bertz CT molecular complexity index is 573. The fourth-order valence-electron chi connectivity index (χ4n) is 3.26. The fourth-order valence-corrected chi connectivity index (χ4v) is 3.26. The van der Waals surface area contributed by atoms with Gasteiger partial charge in [-0.25, -0.2) is 0 Å². The van der Waals surface area contributed by atoms with Crippen molar-refractivity contribution in [2.24, 2.45) is 0 Å². The van der Waals surface area contributed by atoms with Gasteiger partial charge in [0.15, 0.2) is 0 Å². The maximum Gasteiger partial charge on any atom is 0.124 e. The Hall–Kier alpha value is -1.80. The molecule has 1 fully saturated rings. The van der Waals surface area contributed by atoms with Gasteiger partial charge >= 0.3 is 0 Å². The average molecular weight is 309 g/mol. The Morgan fingerprint density at radius 1 is 0.826 bits per heavy atom. The Morgan fingerprint density at radius 2 is 1.52 bits per heavy atom. The zero-order chi connectivity index (χ0) is 15.7. The van der Waals surface area contributed by atoms with Gasteiger partial charge in [0.05, 0.1) is 0 Å². The molecular formula is C21H27NO. The van der Waals surface area contributed by atoms with Crippen LogP contribution < -0.4 is 10.1 Å². The molecule has 2 nitrogen and oxygen atoms in total. The molecule has 0 aromatic heterocycles. The molecule has 0 aliphatic heterocycles. The molecule has 0 saturated heterocycles. The molecule has 0 amide bonds. The summed E-state index contributed by atoms with van der Waals surface area (Å²) < 4.78 is 6.05. The third-order valence-corrected chi connectivity index (χ3v) is 4.65. The molecule has 2 aromatic carbocycles. The first-order valence-corrected chi connectivity index (χ1v) is 8.90. The van der Waals surface area contributed by atoms with Crippen LogP contribution in [0, 0.1) is 0 Å². The van der Waals surface area contributed by atoms with Crippen molar-refractivity contribution in [3.8, 4) is 5.75 Å². The van der Waals surface area contributed by atoms with Crippen molar-refractivity contribution in [1.29, 1.82) is 0 Å². The van der Waals surface area contributed by atoms with Gasteiger partial charge in [-0.15, -0.1) is 0 Å². The van der Waals surface area contributed by atoms with Crippen LogP contribution in [-0.2, 0) is 13.2 Å². The molecule has 1 aliphatic carbocycles.